The van der Waals surface area contributed by atoms with Crippen LogP contribution in [0.4, 0.5) is 0 Å². The minimum atomic E-state index is -0.0162. The summed E-state index contributed by atoms with van der Waals surface area (Å²) >= 11 is 1.19. The van der Waals surface area contributed by atoms with Crippen LogP contribution in [0.15, 0.2) is 23.0 Å². The van der Waals surface area contributed by atoms with E-state index in [1.54, 1.807) is 6.07 Å². The first kappa shape index (κ1) is 5.68. The monoisotopic (exact) mass is 150 g/mol. The number of hydrogen-bond acceptors (Lipinski definition) is 2. The van der Waals surface area contributed by atoms with Crippen LogP contribution in [0.1, 0.15) is 0 Å². The Balaban J connectivity index is 3.01. The van der Waals surface area contributed by atoms with Gasteiger partial charge >= 0.3 is 4.87 Å². The lowest BCUT2D eigenvalue weighted by atomic mass is 10.3. The summed E-state index contributed by atoms with van der Waals surface area (Å²) in [6, 6.07) is 8.47. The van der Waals surface area contributed by atoms with Gasteiger partial charge in [-0.25, -0.2) is 0 Å². The number of benzene rings is 1. The molecule has 0 aliphatic carbocycles. The highest BCUT2D eigenvalue weighted by atomic mass is 32.1. The Morgan fingerprint density at radius 2 is 2.50 bits per heavy atom. The molecule has 0 saturated carbocycles. The summed E-state index contributed by atoms with van der Waals surface area (Å²) in [4.78, 5) is 13.4. The lowest BCUT2D eigenvalue weighted by Gasteiger charge is -1.80. The lowest BCUT2D eigenvalue weighted by molar-refractivity contribution is 1.41. The Bertz CT molecular complexity index is 365. The van der Waals surface area contributed by atoms with Crippen LogP contribution in [-0.4, -0.2) is 4.98 Å². The molecule has 0 bridgehead atoms. The van der Waals surface area contributed by atoms with Crippen molar-refractivity contribution in [1.29, 1.82) is 0 Å². The van der Waals surface area contributed by atoms with Crippen molar-refractivity contribution in [3.05, 3.63) is 33.9 Å². The van der Waals surface area contributed by atoms with Gasteiger partial charge in [0.15, 0.2) is 0 Å². The van der Waals surface area contributed by atoms with Gasteiger partial charge in [0.2, 0.25) is 0 Å². The van der Waals surface area contributed by atoms with Crippen molar-refractivity contribution in [2.75, 3.05) is 0 Å². The minimum Gasteiger partial charge on any atom is -0.312 e. The van der Waals surface area contributed by atoms with Gasteiger partial charge in [0.25, 0.3) is 0 Å². The van der Waals surface area contributed by atoms with Crippen LogP contribution in [0.3, 0.4) is 0 Å². The van der Waals surface area contributed by atoms with Crippen LogP contribution in [0.25, 0.3) is 10.2 Å². The number of aromatic amines is 1. The van der Waals surface area contributed by atoms with Crippen LogP contribution >= 0.6 is 11.3 Å². The second-order valence-corrected chi connectivity index (χ2v) is 2.91. The Labute approximate surface area is 61.1 Å². The van der Waals surface area contributed by atoms with E-state index in [0.29, 0.717) is 0 Å². The fraction of sp³-hybridized carbons (Fsp3) is 0. The Morgan fingerprint density at radius 3 is 3.30 bits per heavy atom. The average Bonchev–Trinajstić information content (AvgIpc) is 2.27. The Kier molecular flexibility index (Phi) is 1.11. The molecule has 1 aromatic carbocycles. The van der Waals surface area contributed by atoms with Gasteiger partial charge in [0.1, 0.15) is 0 Å². The molecule has 2 aromatic rings. The second kappa shape index (κ2) is 1.95. The van der Waals surface area contributed by atoms with E-state index in [9.17, 15) is 4.79 Å². The van der Waals surface area contributed by atoms with E-state index in [4.69, 9.17) is 0 Å². The first-order valence-electron chi connectivity index (χ1n) is 2.86. The van der Waals surface area contributed by atoms with E-state index in [1.807, 2.05) is 12.1 Å². The molecule has 1 N–H and O–H groups in total. The van der Waals surface area contributed by atoms with E-state index in [1.165, 1.54) is 11.3 Å². The Morgan fingerprint density at radius 1 is 1.60 bits per heavy atom. The topological polar surface area (TPSA) is 32.9 Å². The molecular formula is C7H4NOS. The molecule has 10 heavy (non-hydrogen) atoms. The molecule has 49 valence electrons. The van der Waals surface area contributed by atoms with Gasteiger partial charge in [-0.3, -0.25) is 4.79 Å². The summed E-state index contributed by atoms with van der Waals surface area (Å²) in [5, 5.41) is 0. The summed E-state index contributed by atoms with van der Waals surface area (Å²) in [5.41, 5.74) is 0.873. The normalized spacial score (nSPS) is 10.4. The van der Waals surface area contributed by atoms with Gasteiger partial charge in [-0.1, -0.05) is 23.5 Å². The molecule has 0 fully saturated rings. The smallest absolute Gasteiger partial charge is 0.305 e. The summed E-state index contributed by atoms with van der Waals surface area (Å²) in [6.07, 6.45) is 0. The van der Waals surface area contributed by atoms with Crippen LogP contribution in [-0.2, 0) is 0 Å². The molecule has 0 aliphatic heterocycles. The van der Waals surface area contributed by atoms with E-state index >= 15 is 0 Å². The third-order valence-corrected chi connectivity index (χ3v) is 2.08. The van der Waals surface area contributed by atoms with Gasteiger partial charge in [0, 0.05) is 6.07 Å². The van der Waals surface area contributed by atoms with E-state index < -0.39 is 0 Å². The Hall–Kier alpha value is -1.09. The third kappa shape index (κ3) is 0.752. The summed E-state index contributed by atoms with van der Waals surface area (Å²) in [7, 11) is 0. The fourth-order valence-electron chi connectivity index (χ4n) is 0.833. The molecule has 1 aromatic heterocycles. The van der Waals surface area contributed by atoms with Gasteiger partial charge in [-0.2, -0.15) is 0 Å². The predicted octanol–water partition coefficient (Wildman–Crippen LogP) is 1.39. The van der Waals surface area contributed by atoms with Crippen LogP contribution in [0.2, 0.25) is 0 Å². The zero-order chi connectivity index (χ0) is 6.97. The maximum atomic E-state index is 10.7. The first-order chi connectivity index (χ1) is 4.86. The zero-order valence-electron chi connectivity index (χ0n) is 5.05. The molecule has 0 amide bonds. The zero-order valence-corrected chi connectivity index (χ0v) is 5.87. The van der Waals surface area contributed by atoms with Crippen LogP contribution < -0.4 is 4.87 Å². The highest BCUT2D eigenvalue weighted by Gasteiger charge is 1.94. The van der Waals surface area contributed by atoms with Crippen LogP contribution in [0, 0.1) is 6.07 Å². The number of fused-ring (bicyclic) bond motifs is 1. The van der Waals surface area contributed by atoms with Gasteiger partial charge < -0.3 is 4.98 Å². The van der Waals surface area contributed by atoms with E-state index in [0.717, 1.165) is 10.2 Å². The molecule has 1 radical (unpaired) electrons. The molecule has 0 atom stereocenters. The maximum Gasteiger partial charge on any atom is 0.305 e. The van der Waals surface area contributed by atoms with Crippen molar-refractivity contribution in [2.45, 2.75) is 0 Å². The standard InChI is InChI=1S/C7H4NOS/c9-7-8-5-3-1-2-4-6(5)10-7/h1-3H,(H,8,9). The maximum absolute atomic E-state index is 10.7. The summed E-state index contributed by atoms with van der Waals surface area (Å²) in [6.45, 7) is 0. The number of thiazole rings is 1. The molecule has 0 saturated heterocycles. The molecule has 2 rings (SSSR count). The molecule has 0 aliphatic rings. The van der Waals surface area contributed by atoms with Crippen molar-refractivity contribution in [2.24, 2.45) is 0 Å². The second-order valence-electron chi connectivity index (χ2n) is 1.93. The number of nitrogens with one attached hydrogen (secondary N) is 1. The van der Waals surface area contributed by atoms with Crippen molar-refractivity contribution in [3.63, 3.8) is 0 Å². The molecule has 1 heterocycles. The lowest BCUT2D eigenvalue weighted by Crippen LogP contribution is -1.89. The van der Waals surface area contributed by atoms with Crippen molar-refractivity contribution in [3.8, 4) is 0 Å². The largest absolute Gasteiger partial charge is 0.312 e. The van der Waals surface area contributed by atoms with E-state index in [2.05, 4.69) is 11.1 Å². The molecule has 0 spiro atoms. The quantitative estimate of drug-likeness (QED) is 0.604. The highest BCUT2D eigenvalue weighted by molar-refractivity contribution is 7.16. The van der Waals surface area contributed by atoms with Crippen molar-refractivity contribution < 1.29 is 0 Å². The van der Waals surface area contributed by atoms with E-state index in [-0.39, 0.29) is 4.87 Å². The number of rotatable bonds is 0. The van der Waals surface area contributed by atoms with Gasteiger partial charge in [0.05, 0.1) is 10.2 Å². The van der Waals surface area contributed by atoms with Crippen LogP contribution in [0.5, 0.6) is 0 Å². The summed E-state index contributed by atoms with van der Waals surface area (Å²) in [5.74, 6) is 0. The SMILES string of the molecule is O=c1[nH]c2ccc[c]c2s1. The van der Waals surface area contributed by atoms with Gasteiger partial charge in [-0.15, -0.1) is 0 Å². The minimum absolute atomic E-state index is 0.0162. The molecule has 0 unspecified atom stereocenters. The highest BCUT2D eigenvalue weighted by Crippen LogP contribution is 2.10. The average molecular weight is 150 g/mol. The van der Waals surface area contributed by atoms with Crippen molar-refractivity contribution >= 4 is 21.6 Å². The molecular weight excluding hydrogens is 146 g/mol. The summed E-state index contributed by atoms with van der Waals surface area (Å²) < 4.78 is 0.896. The number of aromatic nitrogens is 1. The molecule has 3 heteroatoms. The fourth-order valence-corrected chi connectivity index (χ4v) is 1.53. The number of hydrogen-bond donors (Lipinski definition) is 1. The third-order valence-electron chi connectivity index (χ3n) is 1.25. The predicted molar refractivity (Wildman–Crippen MR) is 41.3 cm³/mol. The molecule has 2 nitrogen and oxygen atoms in total. The van der Waals surface area contributed by atoms with Crippen molar-refractivity contribution in [1.82, 2.24) is 4.98 Å². The van der Waals surface area contributed by atoms with Gasteiger partial charge in [-0.05, 0) is 6.07 Å². The number of H-pyrrole nitrogens is 1. The first-order valence-corrected chi connectivity index (χ1v) is 3.67.